The monoisotopic (exact) mass is 316 g/mol. The maximum Gasteiger partial charge on any atom is 0.292 e. The van der Waals surface area contributed by atoms with Gasteiger partial charge < -0.3 is 5.11 Å². The summed E-state index contributed by atoms with van der Waals surface area (Å²) < 4.78 is 38.8. The first-order valence-electron chi connectivity index (χ1n) is 6.40. The van der Waals surface area contributed by atoms with Crippen LogP contribution in [0.25, 0.3) is 0 Å². The van der Waals surface area contributed by atoms with E-state index in [1.807, 2.05) is 0 Å². The van der Waals surface area contributed by atoms with E-state index in [-0.39, 0.29) is 19.0 Å². The minimum absolute atomic E-state index is 0.0749. The highest BCUT2D eigenvalue weighted by molar-refractivity contribution is 7.89. The van der Waals surface area contributed by atoms with Crippen molar-refractivity contribution in [2.75, 3.05) is 13.1 Å². The molecule has 0 atom stereocenters. The Bertz CT molecular complexity index is 710. The van der Waals surface area contributed by atoms with Crippen LogP contribution in [-0.2, 0) is 10.0 Å². The number of sulfonamides is 1. The third-order valence-corrected chi connectivity index (χ3v) is 5.81. The van der Waals surface area contributed by atoms with E-state index in [1.54, 1.807) is 0 Å². The van der Waals surface area contributed by atoms with Gasteiger partial charge in [0.05, 0.1) is 16.6 Å². The summed E-state index contributed by atoms with van der Waals surface area (Å²) in [5, 5.41) is 21.1. The predicted octanol–water partition coefficient (Wildman–Crippen LogP) is 0.879. The second kappa shape index (κ2) is 4.46. The van der Waals surface area contributed by atoms with Crippen LogP contribution in [0.15, 0.2) is 23.1 Å². The number of nitro benzene ring substituents is 1. The molecule has 1 aliphatic carbocycles. The molecule has 114 valence electrons. The minimum atomic E-state index is -4.11. The molecule has 21 heavy (non-hydrogen) atoms. The average Bonchev–Trinajstić information content (AvgIpc) is 3.18. The number of hydrogen-bond donors (Lipinski definition) is 1. The van der Waals surface area contributed by atoms with E-state index in [0.717, 1.165) is 29.3 Å². The Hall–Kier alpha value is -1.58. The van der Waals surface area contributed by atoms with Crippen molar-refractivity contribution in [2.24, 2.45) is 5.92 Å². The van der Waals surface area contributed by atoms with Gasteiger partial charge in [-0.25, -0.2) is 12.8 Å². The fourth-order valence-electron chi connectivity index (χ4n) is 2.60. The standard InChI is InChI=1S/C12H13FN2O5S/c13-9-3-4-11(10(5-9)15(17)18)21(19,20)14-6-12(16,7-14)8-1-2-8/h3-5,8,16H,1-2,6-7H2. The lowest BCUT2D eigenvalue weighted by Gasteiger charge is -2.45. The van der Waals surface area contributed by atoms with Crippen molar-refractivity contribution < 1.29 is 22.8 Å². The van der Waals surface area contributed by atoms with Crippen LogP contribution in [0.3, 0.4) is 0 Å². The van der Waals surface area contributed by atoms with Crippen molar-refractivity contribution in [1.82, 2.24) is 4.31 Å². The van der Waals surface area contributed by atoms with E-state index in [4.69, 9.17) is 0 Å². The van der Waals surface area contributed by atoms with Crippen LogP contribution in [0, 0.1) is 21.8 Å². The molecule has 1 saturated heterocycles. The van der Waals surface area contributed by atoms with Gasteiger partial charge in [-0.1, -0.05) is 0 Å². The molecular weight excluding hydrogens is 303 g/mol. The van der Waals surface area contributed by atoms with Gasteiger partial charge in [0, 0.05) is 13.1 Å². The molecule has 1 aromatic rings. The largest absolute Gasteiger partial charge is 0.387 e. The molecule has 3 rings (SSSR count). The lowest BCUT2D eigenvalue weighted by molar-refractivity contribution is -0.388. The summed E-state index contributed by atoms with van der Waals surface area (Å²) in [4.78, 5) is 9.42. The molecule has 0 bridgehead atoms. The molecule has 9 heteroatoms. The third kappa shape index (κ3) is 2.30. The van der Waals surface area contributed by atoms with Crippen molar-refractivity contribution in [1.29, 1.82) is 0 Å². The SMILES string of the molecule is O=[N+]([O-])c1cc(F)ccc1S(=O)(=O)N1CC(O)(C2CC2)C1. The second-order valence-corrected chi connectivity index (χ2v) is 7.43. The normalized spacial score (nSPS) is 21.8. The zero-order chi connectivity index (χ0) is 15.4. The first-order chi connectivity index (χ1) is 9.74. The number of halogens is 1. The molecule has 7 nitrogen and oxygen atoms in total. The van der Waals surface area contributed by atoms with Gasteiger partial charge in [0.15, 0.2) is 4.90 Å². The van der Waals surface area contributed by atoms with Crippen LogP contribution in [0.4, 0.5) is 10.1 Å². The first-order valence-corrected chi connectivity index (χ1v) is 7.84. The quantitative estimate of drug-likeness (QED) is 0.656. The fourth-order valence-corrected chi connectivity index (χ4v) is 4.31. The van der Waals surface area contributed by atoms with Gasteiger partial charge in [-0.05, 0) is 30.9 Å². The molecule has 0 unspecified atom stereocenters. The molecule has 2 aliphatic rings. The molecule has 1 aliphatic heterocycles. The summed E-state index contributed by atoms with van der Waals surface area (Å²) in [6.45, 7) is -0.150. The van der Waals surface area contributed by atoms with Crippen molar-refractivity contribution in [2.45, 2.75) is 23.3 Å². The van der Waals surface area contributed by atoms with E-state index >= 15 is 0 Å². The molecule has 1 N–H and O–H groups in total. The number of hydrogen-bond acceptors (Lipinski definition) is 5. The van der Waals surface area contributed by atoms with Crippen LogP contribution in [0.5, 0.6) is 0 Å². The topological polar surface area (TPSA) is 101 Å². The van der Waals surface area contributed by atoms with E-state index in [2.05, 4.69) is 0 Å². The number of rotatable bonds is 4. The Morgan fingerprint density at radius 3 is 2.52 bits per heavy atom. The number of β-amino-alcohol motifs (C(OH)–C–C–N with tert-alkyl or cyclic N) is 1. The maximum absolute atomic E-state index is 13.1. The van der Waals surface area contributed by atoms with Crippen LogP contribution in [0.2, 0.25) is 0 Å². The Balaban J connectivity index is 1.91. The summed E-state index contributed by atoms with van der Waals surface area (Å²) in [6, 6.07) is 2.34. The predicted molar refractivity (Wildman–Crippen MR) is 69.5 cm³/mol. The summed E-state index contributed by atoms with van der Waals surface area (Å²) >= 11 is 0. The summed E-state index contributed by atoms with van der Waals surface area (Å²) in [5.41, 5.74) is -1.82. The average molecular weight is 316 g/mol. The minimum Gasteiger partial charge on any atom is -0.387 e. The van der Waals surface area contributed by atoms with Crippen LogP contribution < -0.4 is 0 Å². The zero-order valence-corrected chi connectivity index (χ0v) is 11.7. The Morgan fingerprint density at radius 2 is 2.00 bits per heavy atom. The number of aliphatic hydroxyl groups is 1. The van der Waals surface area contributed by atoms with Crippen molar-refractivity contribution in [3.8, 4) is 0 Å². The van der Waals surface area contributed by atoms with Crippen LogP contribution >= 0.6 is 0 Å². The van der Waals surface area contributed by atoms with E-state index in [9.17, 15) is 28.0 Å². The Morgan fingerprint density at radius 1 is 1.38 bits per heavy atom. The van der Waals surface area contributed by atoms with Crippen LogP contribution in [-0.4, -0.2) is 41.4 Å². The van der Waals surface area contributed by atoms with Crippen molar-refractivity contribution >= 4 is 15.7 Å². The highest BCUT2D eigenvalue weighted by Crippen LogP contribution is 2.46. The molecular formula is C12H13FN2O5S. The van der Waals surface area contributed by atoms with Crippen molar-refractivity contribution in [3.05, 3.63) is 34.1 Å². The van der Waals surface area contributed by atoms with Crippen molar-refractivity contribution in [3.63, 3.8) is 0 Å². The zero-order valence-electron chi connectivity index (χ0n) is 10.9. The maximum atomic E-state index is 13.1. The summed E-state index contributed by atoms with van der Waals surface area (Å²) in [7, 11) is -4.11. The second-order valence-electron chi connectivity index (χ2n) is 5.52. The van der Waals surface area contributed by atoms with E-state index < -0.39 is 36.9 Å². The lowest BCUT2D eigenvalue weighted by Crippen LogP contribution is -2.64. The van der Waals surface area contributed by atoms with Crippen LogP contribution in [0.1, 0.15) is 12.8 Å². The first kappa shape index (κ1) is 14.4. The van der Waals surface area contributed by atoms with Gasteiger partial charge in [-0.3, -0.25) is 10.1 Å². The summed E-state index contributed by atoms with van der Waals surface area (Å²) in [5.74, 6) is -0.772. The van der Waals surface area contributed by atoms with Gasteiger partial charge >= 0.3 is 0 Å². The molecule has 2 fully saturated rings. The molecule has 0 aromatic heterocycles. The van der Waals surface area contributed by atoms with Gasteiger partial charge in [-0.2, -0.15) is 4.31 Å². The number of nitrogens with zero attached hydrogens (tertiary/aromatic N) is 2. The fraction of sp³-hybridized carbons (Fsp3) is 0.500. The summed E-state index contributed by atoms with van der Waals surface area (Å²) in [6.07, 6.45) is 1.72. The molecule has 0 amide bonds. The van der Waals surface area contributed by atoms with E-state index in [0.29, 0.717) is 6.07 Å². The molecule has 1 aromatic carbocycles. The lowest BCUT2D eigenvalue weighted by atomic mass is 9.91. The highest BCUT2D eigenvalue weighted by atomic mass is 32.2. The molecule has 1 saturated carbocycles. The van der Waals surface area contributed by atoms with E-state index in [1.165, 1.54) is 0 Å². The van der Waals surface area contributed by atoms with Gasteiger partial charge in [0.1, 0.15) is 5.82 Å². The van der Waals surface area contributed by atoms with Gasteiger partial charge in [0.25, 0.3) is 5.69 Å². The van der Waals surface area contributed by atoms with Gasteiger partial charge in [0.2, 0.25) is 10.0 Å². The molecule has 0 radical (unpaired) electrons. The number of benzene rings is 1. The smallest absolute Gasteiger partial charge is 0.292 e. The Labute approximate surface area is 120 Å². The molecule has 0 spiro atoms. The highest BCUT2D eigenvalue weighted by Gasteiger charge is 2.55. The third-order valence-electron chi connectivity index (χ3n) is 3.97. The number of nitro groups is 1. The van der Waals surface area contributed by atoms with Gasteiger partial charge in [-0.15, -0.1) is 0 Å². The Kier molecular flexibility index (Phi) is 3.05. The molecule has 1 heterocycles.